The summed E-state index contributed by atoms with van der Waals surface area (Å²) in [6.07, 6.45) is 6.17. The topological polar surface area (TPSA) is 91.0 Å². The molecule has 3 heterocycles. The molecule has 156 valence electrons. The molecule has 0 aliphatic rings. The molecule has 0 aliphatic heterocycles. The standard InChI is InChI=1S/C22H17BrN4O3S/c23-16-9-10-20(25-14-16)31-18-7-2-1-6-17(18)22(28)29-12-4-8-19-26-21(27-30-19)15-5-3-11-24-13-15/h1-3,5-7,9-11,13-14H,4,8,12H2. The third kappa shape index (κ3) is 5.77. The van der Waals surface area contributed by atoms with Gasteiger partial charge < -0.3 is 9.26 Å². The van der Waals surface area contributed by atoms with Crippen LogP contribution < -0.4 is 0 Å². The van der Waals surface area contributed by atoms with Gasteiger partial charge in [-0.3, -0.25) is 4.98 Å². The average Bonchev–Trinajstić information content (AvgIpc) is 3.28. The van der Waals surface area contributed by atoms with Crippen molar-refractivity contribution < 1.29 is 14.1 Å². The van der Waals surface area contributed by atoms with Crippen LogP contribution in [-0.4, -0.2) is 32.7 Å². The number of nitrogens with zero attached hydrogens (tertiary/aromatic N) is 4. The number of hydrogen-bond acceptors (Lipinski definition) is 8. The second-order valence-electron chi connectivity index (χ2n) is 6.41. The molecule has 0 atom stereocenters. The number of benzene rings is 1. The molecule has 0 radical (unpaired) electrons. The molecule has 0 N–H and O–H groups in total. The molecular formula is C22H17BrN4O3S. The molecule has 0 fully saturated rings. The van der Waals surface area contributed by atoms with Crippen molar-refractivity contribution in [2.75, 3.05) is 6.61 Å². The SMILES string of the molecule is O=C(OCCCc1nc(-c2cccnc2)no1)c1ccccc1Sc1ccc(Br)cn1. The molecule has 9 heteroatoms. The molecule has 0 aliphatic carbocycles. The summed E-state index contributed by atoms with van der Waals surface area (Å²) in [5.41, 5.74) is 1.30. The largest absolute Gasteiger partial charge is 0.462 e. The summed E-state index contributed by atoms with van der Waals surface area (Å²) in [6.45, 7) is 0.249. The fourth-order valence-corrected chi connectivity index (χ4v) is 3.80. The van der Waals surface area contributed by atoms with Crippen molar-refractivity contribution in [3.8, 4) is 11.4 Å². The molecule has 4 rings (SSSR count). The van der Waals surface area contributed by atoms with Crippen LogP contribution in [0, 0.1) is 0 Å². The predicted octanol–water partition coefficient (Wildman–Crippen LogP) is 5.23. The Balaban J connectivity index is 1.30. The first-order valence-corrected chi connectivity index (χ1v) is 11.1. The van der Waals surface area contributed by atoms with Gasteiger partial charge in [0.25, 0.3) is 0 Å². The Kier molecular flexibility index (Phi) is 7.06. The molecule has 0 unspecified atom stereocenters. The monoisotopic (exact) mass is 496 g/mol. The van der Waals surface area contributed by atoms with Crippen LogP contribution in [-0.2, 0) is 11.2 Å². The zero-order valence-electron chi connectivity index (χ0n) is 16.3. The van der Waals surface area contributed by atoms with Crippen LogP contribution in [0.1, 0.15) is 22.7 Å². The Morgan fingerprint density at radius 3 is 2.81 bits per heavy atom. The third-order valence-electron chi connectivity index (χ3n) is 4.18. The van der Waals surface area contributed by atoms with Crippen molar-refractivity contribution in [1.82, 2.24) is 20.1 Å². The summed E-state index contributed by atoms with van der Waals surface area (Å²) in [5, 5.41) is 4.75. The second-order valence-corrected chi connectivity index (χ2v) is 8.38. The molecule has 0 amide bonds. The first-order chi connectivity index (χ1) is 15.2. The summed E-state index contributed by atoms with van der Waals surface area (Å²) in [4.78, 5) is 26.1. The number of carbonyl (C=O) groups is 1. The van der Waals surface area contributed by atoms with Gasteiger partial charge >= 0.3 is 5.97 Å². The molecule has 1 aromatic carbocycles. The Hall–Kier alpha value is -3.04. The zero-order valence-corrected chi connectivity index (χ0v) is 18.7. The van der Waals surface area contributed by atoms with E-state index in [2.05, 4.69) is 36.0 Å². The van der Waals surface area contributed by atoms with Crippen LogP contribution in [0.4, 0.5) is 0 Å². The van der Waals surface area contributed by atoms with Crippen LogP contribution in [0.25, 0.3) is 11.4 Å². The van der Waals surface area contributed by atoms with E-state index in [1.54, 1.807) is 24.7 Å². The molecule has 7 nitrogen and oxygen atoms in total. The lowest BCUT2D eigenvalue weighted by Gasteiger charge is -2.09. The third-order valence-corrected chi connectivity index (χ3v) is 5.67. The van der Waals surface area contributed by atoms with Gasteiger partial charge in [0, 0.05) is 39.9 Å². The minimum atomic E-state index is -0.373. The molecule has 0 bridgehead atoms. The van der Waals surface area contributed by atoms with Gasteiger partial charge in [-0.25, -0.2) is 9.78 Å². The normalized spacial score (nSPS) is 10.7. The highest BCUT2D eigenvalue weighted by atomic mass is 79.9. The molecule has 4 aromatic rings. The summed E-state index contributed by atoms with van der Waals surface area (Å²) in [5.74, 6) is 0.613. The van der Waals surface area contributed by atoms with Crippen molar-refractivity contribution in [2.24, 2.45) is 0 Å². The molecule has 0 saturated carbocycles. The predicted molar refractivity (Wildman–Crippen MR) is 119 cm³/mol. The van der Waals surface area contributed by atoms with Gasteiger partial charge in [-0.15, -0.1) is 0 Å². The number of aromatic nitrogens is 4. The van der Waals surface area contributed by atoms with Crippen LogP contribution in [0.15, 0.2) is 86.0 Å². The van der Waals surface area contributed by atoms with Crippen LogP contribution in [0.2, 0.25) is 0 Å². The van der Waals surface area contributed by atoms with Gasteiger partial charge in [-0.05, 0) is 58.7 Å². The maximum absolute atomic E-state index is 12.6. The van der Waals surface area contributed by atoms with E-state index in [1.165, 1.54) is 11.8 Å². The number of hydrogen-bond donors (Lipinski definition) is 0. The van der Waals surface area contributed by atoms with E-state index < -0.39 is 0 Å². The van der Waals surface area contributed by atoms with Gasteiger partial charge in [0.2, 0.25) is 11.7 Å². The number of carbonyl (C=O) groups excluding carboxylic acids is 1. The number of ether oxygens (including phenoxy) is 1. The Morgan fingerprint density at radius 2 is 2.00 bits per heavy atom. The minimum absolute atomic E-state index is 0.249. The molecule has 0 spiro atoms. The maximum Gasteiger partial charge on any atom is 0.339 e. The Morgan fingerprint density at radius 1 is 1.10 bits per heavy atom. The fourth-order valence-electron chi connectivity index (χ4n) is 2.69. The van der Waals surface area contributed by atoms with E-state index in [4.69, 9.17) is 9.26 Å². The summed E-state index contributed by atoms with van der Waals surface area (Å²) in [7, 11) is 0. The number of aryl methyl sites for hydroxylation is 1. The average molecular weight is 497 g/mol. The first kappa shape index (κ1) is 21.2. The first-order valence-electron chi connectivity index (χ1n) is 9.47. The molecule has 3 aromatic heterocycles. The number of pyridine rings is 2. The minimum Gasteiger partial charge on any atom is -0.462 e. The number of esters is 1. The quantitative estimate of drug-likeness (QED) is 0.242. The van der Waals surface area contributed by atoms with E-state index >= 15 is 0 Å². The van der Waals surface area contributed by atoms with Gasteiger partial charge in [-0.2, -0.15) is 4.98 Å². The van der Waals surface area contributed by atoms with E-state index in [0.29, 0.717) is 30.1 Å². The van der Waals surface area contributed by atoms with E-state index in [-0.39, 0.29) is 12.6 Å². The smallest absolute Gasteiger partial charge is 0.339 e. The zero-order chi connectivity index (χ0) is 21.5. The van der Waals surface area contributed by atoms with Gasteiger partial charge in [0.15, 0.2) is 0 Å². The Labute approximate surface area is 191 Å². The molecule has 31 heavy (non-hydrogen) atoms. The highest BCUT2D eigenvalue weighted by molar-refractivity contribution is 9.10. The van der Waals surface area contributed by atoms with Crippen molar-refractivity contribution in [2.45, 2.75) is 22.8 Å². The van der Waals surface area contributed by atoms with Crippen molar-refractivity contribution in [3.05, 3.63) is 83.0 Å². The summed E-state index contributed by atoms with van der Waals surface area (Å²) < 4.78 is 11.6. The lowest BCUT2D eigenvalue weighted by Crippen LogP contribution is -2.08. The lowest BCUT2D eigenvalue weighted by molar-refractivity contribution is 0.0494. The molecule has 0 saturated heterocycles. The van der Waals surface area contributed by atoms with Crippen molar-refractivity contribution in [3.63, 3.8) is 0 Å². The Bertz CT molecular complexity index is 1150. The highest BCUT2D eigenvalue weighted by Gasteiger charge is 2.14. The van der Waals surface area contributed by atoms with Gasteiger partial charge in [-0.1, -0.05) is 29.1 Å². The van der Waals surface area contributed by atoms with Gasteiger partial charge in [0.05, 0.1) is 12.2 Å². The number of rotatable bonds is 8. The van der Waals surface area contributed by atoms with Crippen molar-refractivity contribution in [1.29, 1.82) is 0 Å². The summed E-state index contributed by atoms with van der Waals surface area (Å²) in [6, 6.07) is 14.8. The van der Waals surface area contributed by atoms with E-state index in [9.17, 15) is 4.79 Å². The maximum atomic E-state index is 12.6. The molecular weight excluding hydrogens is 480 g/mol. The number of halogens is 1. The fraction of sp³-hybridized carbons (Fsp3) is 0.136. The van der Waals surface area contributed by atoms with E-state index in [1.807, 2.05) is 42.5 Å². The second kappa shape index (κ2) is 10.3. The van der Waals surface area contributed by atoms with Crippen LogP contribution in [0.3, 0.4) is 0 Å². The summed E-state index contributed by atoms with van der Waals surface area (Å²) >= 11 is 4.79. The van der Waals surface area contributed by atoms with E-state index in [0.717, 1.165) is 20.0 Å². The van der Waals surface area contributed by atoms with Gasteiger partial charge in [0.1, 0.15) is 5.03 Å². The highest BCUT2D eigenvalue weighted by Crippen LogP contribution is 2.30. The lowest BCUT2D eigenvalue weighted by atomic mass is 10.2. The van der Waals surface area contributed by atoms with Crippen LogP contribution in [0.5, 0.6) is 0 Å². The van der Waals surface area contributed by atoms with Crippen LogP contribution >= 0.6 is 27.7 Å². The van der Waals surface area contributed by atoms with Crippen molar-refractivity contribution >= 4 is 33.7 Å².